The minimum Gasteiger partial charge on any atom is -0.496 e. The van der Waals surface area contributed by atoms with Gasteiger partial charge in [0.2, 0.25) is 0 Å². The second-order valence-corrected chi connectivity index (χ2v) is 6.17. The Morgan fingerprint density at radius 1 is 1.15 bits per heavy atom. The van der Waals surface area contributed by atoms with Gasteiger partial charge in [0.25, 0.3) is 0 Å². The van der Waals surface area contributed by atoms with E-state index in [0.29, 0.717) is 5.92 Å². The second kappa shape index (κ2) is 6.98. The van der Waals surface area contributed by atoms with Gasteiger partial charge in [-0.1, -0.05) is 13.3 Å². The number of methoxy groups -OCH3 is 2. The zero-order chi connectivity index (χ0) is 15.3. The van der Waals surface area contributed by atoms with Gasteiger partial charge in [-0.05, 0) is 57.2 Å². The van der Waals surface area contributed by atoms with Gasteiger partial charge in [0.1, 0.15) is 11.5 Å². The Balaban J connectivity index is 2.83. The fourth-order valence-corrected chi connectivity index (χ4v) is 2.46. The van der Waals surface area contributed by atoms with Crippen molar-refractivity contribution < 1.29 is 14.6 Å². The van der Waals surface area contributed by atoms with E-state index in [1.54, 1.807) is 14.2 Å². The summed E-state index contributed by atoms with van der Waals surface area (Å²) in [5.41, 5.74) is 1.66. The average molecular weight is 280 g/mol. The second-order valence-electron chi connectivity index (χ2n) is 6.17. The molecule has 1 aromatic carbocycles. The lowest BCUT2D eigenvalue weighted by Gasteiger charge is -2.21. The first-order valence-corrected chi connectivity index (χ1v) is 7.23. The van der Waals surface area contributed by atoms with E-state index < -0.39 is 5.60 Å². The molecule has 0 aliphatic carbocycles. The quantitative estimate of drug-likeness (QED) is 0.818. The maximum atomic E-state index is 9.78. The van der Waals surface area contributed by atoms with Crippen LogP contribution < -0.4 is 9.47 Å². The van der Waals surface area contributed by atoms with Crippen LogP contribution in [-0.2, 0) is 0 Å². The van der Waals surface area contributed by atoms with Gasteiger partial charge in [0.05, 0.1) is 19.8 Å². The van der Waals surface area contributed by atoms with E-state index in [2.05, 4.69) is 13.0 Å². The highest BCUT2D eigenvalue weighted by Crippen LogP contribution is 2.35. The highest BCUT2D eigenvalue weighted by Gasteiger charge is 2.17. The van der Waals surface area contributed by atoms with Crippen molar-refractivity contribution in [1.82, 2.24) is 0 Å². The van der Waals surface area contributed by atoms with Gasteiger partial charge < -0.3 is 14.6 Å². The maximum absolute atomic E-state index is 9.78. The summed E-state index contributed by atoms with van der Waals surface area (Å²) in [7, 11) is 3.39. The summed E-state index contributed by atoms with van der Waals surface area (Å²) in [5, 5.41) is 9.78. The van der Waals surface area contributed by atoms with Crippen molar-refractivity contribution >= 4 is 0 Å². The molecule has 0 bridgehead atoms. The smallest absolute Gasteiger partial charge is 0.122 e. The summed E-state index contributed by atoms with van der Waals surface area (Å²) in [6, 6.07) is 4.10. The highest BCUT2D eigenvalue weighted by molar-refractivity contribution is 5.47. The largest absolute Gasteiger partial charge is 0.496 e. The molecule has 0 aliphatic rings. The number of aryl methyl sites for hydroxylation is 1. The molecule has 0 aromatic heterocycles. The standard InChI is InChI=1S/C17H28O3/c1-12(8-7-9-17(3,4)18)14-11-15(19-5)13(2)10-16(14)20-6/h10-12,18H,7-9H2,1-6H3. The van der Waals surface area contributed by atoms with Crippen LogP contribution in [0, 0.1) is 6.92 Å². The average Bonchev–Trinajstić information content (AvgIpc) is 2.36. The summed E-state index contributed by atoms with van der Waals surface area (Å²) in [4.78, 5) is 0. The van der Waals surface area contributed by atoms with Crippen LogP contribution in [0.5, 0.6) is 11.5 Å². The first kappa shape index (κ1) is 16.8. The fourth-order valence-electron chi connectivity index (χ4n) is 2.46. The molecule has 1 atom stereocenters. The number of aliphatic hydroxyl groups is 1. The summed E-state index contributed by atoms with van der Waals surface area (Å²) < 4.78 is 10.9. The molecule has 20 heavy (non-hydrogen) atoms. The molecule has 3 nitrogen and oxygen atoms in total. The van der Waals surface area contributed by atoms with Crippen molar-refractivity contribution in [1.29, 1.82) is 0 Å². The molecule has 0 aliphatic heterocycles. The Kier molecular flexibility index (Phi) is 5.88. The zero-order valence-electron chi connectivity index (χ0n) is 13.6. The Hall–Kier alpha value is -1.22. The molecule has 1 N–H and O–H groups in total. The molecule has 3 heteroatoms. The lowest BCUT2D eigenvalue weighted by Crippen LogP contribution is -2.18. The third kappa shape index (κ3) is 4.71. The molecule has 1 unspecified atom stereocenters. The number of benzene rings is 1. The van der Waals surface area contributed by atoms with E-state index in [0.717, 1.165) is 36.3 Å². The van der Waals surface area contributed by atoms with Crippen molar-refractivity contribution in [2.45, 2.75) is 58.5 Å². The molecular formula is C17H28O3. The third-order valence-corrected chi connectivity index (χ3v) is 3.70. The summed E-state index contributed by atoms with van der Waals surface area (Å²) in [6.45, 7) is 7.92. The first-order chi connectivity index (χ1) is 9.28. The van der Waals surface area contributed by atoms with Crippen LogP contribution in [0.1, 0.15) is 57.1 Å². The molecule has 0 spiro atoms. The van der Waals surface area contributed by atoms with Gasteiger partial charge in [0, 0.05) is 5.56 Å². The Labute approximate surface area is 122 Å². The van der Waals surface area contributed by atoms with E-state index in [1.807, 2.05) is 26.8 Å². The lowest BCUT2D eigenvalue weighted by atomic mass is 9.91. The van der Waals surface area contributed by atoms with Crippen LogP contribution >= 0.6 is 0 Å². The van der Waals surface area contributed by atoms with Gasteiger partial charge in [-0.2, -0.15) is 0 Å². The highest BCUT2D eigenvalue weighted by atomic mass is 16.5. The van der Waals surface area contributed by atoms with Crippen molar-refractivity contribution in [2.75, 3.05) is 14.2 Å². The Morgan fingerprint density at radius 3 is 2.25 bits per heavy atom. The van der Waals surface area contributed by atoms with Crippen LogP contribution in [0.3, 0.4) is 0 Å². The summed E-state index contributed by atoms with van der Waals surface area (Å²) in [5.74, 6) is 2.19. The molecule has 0 amide bonds. The fraction of sp³-hybridized carbons (Fsp3) is 0.647. The topological polar surface area (TPSA) is 38.7 Å². The Morgan fingerprint density at radius 2 is 1.75 bits per heavy atom. The predicted octanol–water partition coefficient (Wildman–Crippen LogP) is 4.06. The molecule has 0 saturated carbocycles. The molecule has 1 aromatic rings. The van der Waals surface area contributed by atoms with Gasteiger partial charge in [-0.15, -0.1) is 0 Å². The third-order valence-electron chi connectivity index (χ3n) is 3.70. The van der Waals surface area contributed by atoms with Crippen molar-refractivity contribution in [3.05, 3.63) is 23.3 Å². The number of hydrogen-bond donors (Lipinski definition) is 1. The zero-order valence-corrected chi connectivity index (χ0v) is 13.6. The molecule has 0 fully saturated rings. The maximum Gasteiger partial charge on any atom is 0.122 e. The lowest BCUT2D eigenvalue weighted by molar-refractivity contribution is 0.0677. The van der Waals surface area contributed by atoms with Crippen molar-refractivity contribution in [2.24, 2.45) is 0 Å². The van der Waals surface area contributed by atoms with Gasteiger partial charge in [-0.25, -0.2) is 0 Å². The molecule has 0 saturated heterocycles. The van der Waals surface area contributed by atoms with Gasteiger partial charge in [-0.3, -0.25) is 0 Å². The van der Waals surface area contributed by atoms with Crippen LogP contribution in [0.15, 0.2) is 12.1 Å². The SMILES string of the molecule is COc1cc(C(C)CCCC(C)(C)O)c(OC)cc1C. The molecule has 0 heterocycles. The molecule has 0 radical (unpaired) electrons. The molecule has 1 rings (SSSR count). The normalized spacial score (nSPS) is 13.2. The summed E-state index contributed by atoms with van der Waals surface area (Å²) >= 11 is 0. The van der Waals surface area contributed by atoms with E-state index >= 15 is 0 Å². The van der Waals surface area contributed by atoms with Crippen LogP contribution in [-0.4, -0.2) is 24.9 Å². The summed E-state index contributed by atoms with van der Waals surface area (Å²) in [6.07, 6.45) is 2.82. The molecular weight excluding hydrogens is 252 g/mol. The van der Waals surface area contributed by atoms with Crippen molar-refractivity contribution in [3.8, 4) is 11.5 Å². The number of ether oxygens (including phenoxy) is 2. The van der Waals surface area contributed by atoms with E-state index in [4.69, 9.17) is 9.47 Å². The van der Waals surface area contributed by atoms with Crippen LogP contribution in [0.4, 0.5) is 0 Å². The van der Waals surface area contributed by atoms with E-state index in [-0.39, 0.29) is 0 Å². The minimum atomic E-state index is -0.589. The van der Waals surface area contributed by atoms with E-state index in [1.165, 1.54) is 5.56 Å². The molecule has 114 valence electrons. The Bertz CT molecular complexity index is 433. The van der Waals surface area contributed by atoms with Crippen LogP contribution in [0.25, 0.3) is 0 Å². The monoisotopic (exact) mass is 280 g/mol. The van der Waals surface area contributed by atoms with E-state index in [9.17, 15) is 5.11 Å². The minimum absolute atomic E-state index is 0.377. The van der Waals surface area contributed by atoms with Crippen LogP contribution in [0.2, 0.25) is 0 Å². The number of rotatable bonds is 7. The van der Waals surface area contributed by atoms with Gasteiger partial charge >= 0.3 is 0 Å². The predicted molar refractivity (Wildman–Crippen MR) is 82.8 cm³/mol. The van der Waals surface area contributed by atoms with Gasteiger partial charge in [0.15, 0.2) is 0 Å². The number of hydrogen-bond acceptors (Lipinski definition) is 3. The van der Waals surface area contributed by atoms with Crippen molar-refractivity contribution in [3.63, 3.8) is 0 Å². The first-order valence-electron chi connectivity index (χ1n) is 7.23.